The highest BCUT2D eigenvalue weighted by atomic mass is 19.4. The molecule has 1 amide bonds. The van der Waals surface area contributed by atoms with Gasteiger partial charge in [0, 0.05) is 18.9 Å². The van der Waals surface area contributed by atoms with Crippen LogP contribution in [0.25, 0.3) is 0 Å². The first-order chi connectivity index (χ1) is 12.2. The summed E-state index contributed by atoms with van der Waals surface area (Å²) in [7, 11) is 0. The van der Waals surface area contributed by atoms with Gasteiger partial charge in [0.1, 0.15) is 6.04 Å². The number of amides is 1. The van der Waals surface area contributed by atoms with Crippen molar-refractivity contribution >= 4 is 11.9 Å². The molecular weight excluding hydrogens is 351 g/mol. The molecule has 1 aliphatic rings. The van der Waals surface area contributed by atoms with Gasteiger partial charge < -0.3 is 15.2 Å². The summed E-state index contributed by atoms with van der Waals surface area (Å²) in [6, 6.07) is 3.99. The van der Waals surface area contributed by atoms with Crippen molar-refractivity contribution in [3.05, 3.63) is 35.4 Å². The van der Waals surface area contributed by atoms with E-state index in [1.54, 1.807) is 0 Å². The molecule has 0 aromatic heterocycles. The first kappa shape index (κ1) is 20.2. The SMILES string of the molecule is CC(CC(=O)NC(C(=O)O)C1CCCOC1)c1ccccc1C(F)(F)F. The van der Waals surface area contributed by atoms with Crippen molar-refractivity contribution in [2.75, 3.05) is 13.2 Å². The van der Waals surface area contributed by atoms with E-state index in [1.807, 2.05) is 0 Å². The van der Waals surface area contributed by atoms with Gasteiger partial charge in [0.2, 0.25) is 5.91 Å². The molecule has 1 aromatic rings. The lowest BCUT2D eigenvalue weighted by Crippen LogP contribution is -2.48. The average Bonchev–Trinajstić information content (AvgIpc) is 2.59. The molecule has 8 heteroatoms. The Morgan fingerprint density at radius 1 is 1.35 bits per heavy atom. The van der Waals surface area contributed by atoms with Gasteiger partial charge in [0.15, 0.2) is 0 Å². The molecule has 1 saturated heterocycles. The number of alkyl halides is 3. The number of benzene rings is 1. The molecule has 2 rings (SSSR count). The molecule has 3 atom stereocenters. The number of carbonyl (C=O) groups is 2. The van der Waals surface area contributed by atoms with Crippen LogP contribution >= 0.6 is 0 Å². The summed E-state index contributed by atoms with van der Waals surface area (Å²) >= 11 is 0. The minimum absolute atomic E-state index is 0.0167. The second kappa shape index (κ2) is 8.53. The van der Waals surface area contributed by atoms with Crippen molar-refractivity contribution in [3.8, 4) is 0 Å². The molecule has 1 aliphatic heterocycles. The third kappa shape index (κ3) is 5.20. The monoisotopic (exact) mass is 373 g/mol. The maximum Gasteiger partial charge on any atom is 0.416 e. The van der Waals surface area contributed by atoms with Gasteiger partial charge in [-0.15, -0.1) is 0 Å². The van der Waals surface area contributed by atoms with Gasteiger partial charge in [-0.3, -0.25) is 4.79 Å². The van der Waals surface area contributed by atoms with Crippen molar-refractivity contribution in [1.82, 2.24) is 5.32 Å². The number of ether oxygens (including phenoxy) is 1. The van der Waals surface area contributed by atoms with Crippen molar-refractivity contribution in [2.24, 2.45) is 5.92 Å². The van der Waals surface area contributed by atoms with Crippen LogP contribution in [0.15, 0.2) is 24.3 Å². The van der Waals surface area contributed by atoms with E-state index in [0.29, 0.717) is 19.4 Å². The molecule has 1 aromatic carbocycles. The van der Waals surface area contributed by atoms with Gasteiger partial charge in [-0.05, 0) is 30.4 Å². The highest BCUT2D eigenvalue weighted by molar-refractivity contribution is 5.84. The lowest BCUT2D eigenvalue weighted by Gasteiger charge is -2.28. The van der Waals surface area contributed by atoms with Gasteiger partial charge in [-0.2, -0.15) is 13.2 Å². The van der Waals surface area contributed by atoms with Crippen LogP contribution in [-0.2, 0) is 20.5 Å². The van der Waals surface area contributed by atoms with Crippen LogP contribution < -0.4 is 5.32 Å². The summed E-state index contributed by atoms with van der Waals surface area (Å²) in [5.74, 6) is -2.81. The number of nitrogens with one attached hydrogen (secondary N) is 1. The smallest absolute Gasteiger partial charge is 0.416 e. The molecule has 0 bridgehead atoms. The Bertz CT molecular complexity index is 642. The molecule has 3 unspecified atom stereocenters. The Morgan fingerprint density at radius 3 is 2.62 bits per heavy atom. The van der Waals surface area contributed by atoms with Crippen molar-refractivity contribution < 1.29 is 32.6 Å². The molecule has 5 nitrogen and oxygen atoms in total. The average molecular weight is 373 g/mol. The van der Waals surface area contributed by atoms with Gasteiger partial charge in [0.05, 0.1) is 12.2 Å². The second-order valence-corrected chi connectivity index (χ2v) is 6.55. The number of carbonyl (C=O) groups excluding carboxylic acids is 1. The fourth-order valence-electron chi connectivity index (χ4n) is 3.22. The topological polar surface area (TPSA) is 75.6 Å². The summed E-state index contributed by atoms with van der Waals surface area (Å²) in [5, 5.41) is 11.8. The molecule has 0 radical (unpaired) electrons. The standard InChI is InChI=1S/C18H22F3NO4/c1-11(13-6-2-3-7-14(13)18(19,20)21)9-15(23)22-16(17(24)25)12-5-4-8-26-10-12/h2-3,6-7,11-12,16H,4-5,8-10H2,1H3,(H,22,23)(H,24,25). The van der Waals surface area contributed by atoms with E-state index in [9.17, 15) is 27.9 Å². The molecule has 2 N–H and O–H groups in total. The number of carboxylic acids is 1. The molecular formula is C18H22F3NO4. The predicted octanol–water partition coefficient (Wildman–Crippen LogP) is 3.20. The molecule has 26 heavy (non-hydrogen) atoms. The Kier molecular flexibility index (Phi) is 6.63. The van der Waals surface area contributed by atoms with Gasteiger partial charge >= 0.3 is 12.1 Å². The van der Waals surface area contributed by atoms with Crippen molar-refractivity contribution in [2.45, 2.75) is 44.3 Å². The van der Waals surface area contributed by atoms with E-state index in [2.05, 4.69) is 5.32 Å². The number of hydrogen-bond acceptors (Lipinski definition) is 3. The zero-order chi connectivity index (χ0) is 19.3. The Balaban J connectivity index is 2.05. The third-order valence-electron chi connectivity index (χ3n) is 4.54. The van der Waals surface area contributed by atoms with E-state index in [1.165, 1.54) is 25.1 Å². The number of aliphatic carboxylic acids is 1. The van der Waals surface area contributed by atoms with Crippen LogP contribution in [0.4, 0.5) is 13.2 Å². The van der Waals surface area contributed by atoms with E-state index in [-0.39, 0.29) is 24.5 Å². The predicted molar refractivity (Wildman–Crippen MR) is 87.6 cm³/mol. The van der Waals surface area contributed by atoms with E-state index in [4.69, 9.17) is 4.74 Å². The van der Waals surface area contributed by atoms with Crippen LogP contribution in [0.1, 0.15) is 43.2 Å². The quantitative estimate of drug-likeness (QED) is 0.803. The fourth-order valence-corrected chi connectivity index (χ4v) is 3.22. The van der Waals surface area contributed by atoms with E-state index < -0.39 is 35.6 Å². The summed E-state index contributed by atoms with van der Waals surface area (Å²) in [4.78, 5) is 23.7. The summed E-state index contributed by atoms with van der Waals surface area (Å²) in [5.41, 5.74) is -0.765. The maximum atomic E-state index is 13.1. The zero-order valence-corrected chi connectivity index (χ0v) is 14.4. The Morgan fingerprint density at radius 2 is 2.04 bits per heavy atom. The summed E-state index contributed by atoms with van der Waals surface area (Å²) < 4.78 is 44.6. The molecule has 0 spiro atoms. The number of rotatable bonds is 6. The van der Waals surface area contributed by atoms with Crippen LogP contribution in [-0.4, -0.2) is 36.2 Å². The number of halogens is 3. The second-order valence-electron chi connectivity index (χ2n) is 6.55. The van der Waals surface area contributed by atoms with Crippen LogP contribution in [0, 0.1) is 5.92 Å². The van der Waals surface area contributed by atoms with E-state index >= 15 is 0 Å². The largest absolute Gasteiger partial charge is 0.480 e. The fraction of sp³-hybridized carbons (Fsp3) is 0.556. The van der Waals surface area contributed by atoms with Gasteiger partial charge in [-0.25, -0.2) is 4.79 Å². The first-order valence-electron chi connectivity index (χ1n) is 8.46. The lowest BCUT2D eigenvalue weighted by molar-refractivity contribution is -0.145. The highest BCUT2D eigenvalue weighted by Gasteiger charge is 2.35. The number of carboxylic acid groups (broad SMARTS) is 1. The van der Waals surface area contributed by atoms with Crippen LogP contribution in [0.5, 0.6) is 0 Å². The third-order valence-corrected chi connectivity index (χ3v) is 4.54. The van der Waals surface area contributed by atoms with Crippen LogP contribution in [0.2, 0.25) is 0 Å². The zero-order valence-electron chi connectivity index (χ0n) is 14.4. The Hall–Kier alpha value is -2.09. The normalized spacial score (nSPS) is 20.2. The molecule has 144 valence electrons. The van der Waals surface area contributed by atoms with E-state index in [0.717, 1.165) is 6.07 Å². The lowest BCUT2D eigenvalue weighted by atomic mass is 9.91. The minimum Gasteiger partial charge on any atom is -0.480 e. The van der Waals surface area contributed by atoms with Crippen LogP contribution in [0.3, 0.4) is 0 Å². The van der Waals surface area contributed by atoms with Gasteiger partial charge in [0.25, 0.3) is 0 Å². The van der Waals surface area contributed by atoms with Crippen molar-refractivity contribution in [3.63, 3.8) is 0 Å². The van der Waals surface area contributed by atoms with Gasteiger partial charge in [-0.1, -0.05) is 25.1 Å². The summed E-state index contributed by atoms with van der Waals surface area (Å²) in [6.45, 7) is 2.31. The minimum atomic E-state index is -4.51. The first-order valence-corrected chi connectivity index (χ1v) is 8.46. The Labute approximate surface area is 149 Å². The molecule has 0 aliphatic carbocycles. The van der Waals surface area contributed by atoms with Crippen molar-refractivity contribution in [1.29, 1.82) is 0 Å². The number of hydrogen-bond donors (Lipinski definition) is 2. The molecule has 0 saturated carbocycles. The molecule has 1 heterocycles. The maximum absolute atomic E-state index is 13.1. The molecule has 1 fully saturated rings. The highest BCUT2D eigenvalue weighted by Crippen LogP contribution is 2.36. The summed E-state index contributed by atoms with van der Waals surface area (Å²) in [6.07, 6.45) is -3.42.